The van der Waals surface area contributed by atoms with Crippen LogP contribution in [-0.4, -0.2) is 59.2 Å². The van der Waals surface area contributed by atoms with Crippen molar-refractivity contribution in [2.45, 2.75) is 26.7 Å². The zero-order valence-electron chi connectivity index (χ0n) is 12.2. The molecule has 0 aliphatic rings. The second kappa shape index (κ2) is 11.0. The predicted octanol–water partition coefficient (Wildman–Crippen LogP) is 0.403. The zero-order chi connectivity index (χ0) is 14.6. The van der Waals surface area contributed by atoms with E-state index in [1.54, 1.807) is 0 Å². The van der Waals surface area contributed by atoms with Crippen molar-refractivity contribution < 1.29 is 13.2 Å². The topological polar surface area (TPSA) is 79.8 Å². The fraction of sp³-hybridized carbons (Fsp3) is 0.917. The van der Waals surface area contributed by atoms with Gasteiger partial charge in [-0.05, 0) is 13.3 Å². The summed E-state index contributed by atoms with van der Waals surface area (Å²) in [6.07, 6.45) is 3.40. The van der Waals surface area contributed by atoms with Gasteiger partial charge in [0.1, 0.15) is 9.84 Å². The second-order valence-electron chi connectivity index (χ2n) is 4.28. The molecule has 0 atom stereocenters. The van der Waals surface area contributed by atoms with Gasteiger partial charge in [0.15, 0.2) is 5.96 Å². The van der Waals surface area contributed by atoms with E-state index in [2.05, 4.69) is 22.5 Å². The summed E-state index contributed by atoms with van der Waals surface area (Å²) in [7, 11) is -2.93. The molecule has 0 amide bonds. The van der Waals surface area contributed by atoms with Gasteiger partial charge in [-0.25, -0.2) is 8.42 Å². The van der Waals surface area contributed by atoms with Crippen molar-refractivity contribution in [3.8, 4) is 0 Å². The Morgan fingerprint density at radius 2 is 1.95 bits per heavy atom. The molecular formula is C12H27N3O3S. The number of rotatable bonds is 10. The standard InChI is InChI=1S/C12H27N3O3S/c1-4-6-7-14-12(13-5-2)15-8-9-18-10-11-19(3,16)17/h4-11H2,1-3H3,(H2,13,14,15). The molecule has 0 aromatic carbocycles. The number of nitrogens with zero attached hydrogens (tertiary/aromatic N) is 1. The van der Waals surface area contributed by atoms with Crippen LogP contribution in [0.3, 0.4) is 0 Å². The quantitative estimate of drug-likeness (QED) is 0.346. The third kappa shape index (κ3) is 13.4. The highest BCUT2D eigenvalue weighted by atomic mass is 32.2. The largest absolute Gasteiger partial charge is 0.379 e. The van der Waals surface area contributed by atoms with E-state index in [-0.39, 0.29) is 12.4 Å². The maximum Gasteiger partial charge on any atom is 0.191 e. The second-order valence-corrected chi connectivity index (χ2v) is 6.54. The molecule has 0 fully saturated rings. The number of sulfone groups is 1. The Kier molecular flexibility index (Phi) is 10.6. The SMILES string of the molecule is CCCCN=C(NCC)NCCOCCS(C)(=O)=O. The van der Waals surface area contributed by atoms with E-state index in [9.17, 15) is 8.42 Å². The van der Waals surface area contributed by atoms with Gasteiger partial charge in [-0.1, -0.05) is 13.3 Å². The summed E-state index contributed by atoms with van der Waals surface area (Å²) >= 11 is 0. The summed E-state index contributed by atoms with van der Waals surface area (Å²) in [5, 5.41) is 6.29. The van der Waals surface area contributed by atoms with Crippen LogP contribution in [-0.2, 0) is 14.6 Å². The molecule has 19 heavy (non-hydrogen) atoms. The van der Waals surface area contributed by atoms with Gasteiger partial charge in [0, 0.05) is 25.9 Å². The van der Waals surface area contributed by atoms with E-state index < -0.39 is 9.84 Å². The average molecular weight is 293 g/mol. The molecule has 0 aromatic heterocycles. The van der Waals surface area contributed by atoms with Gasteiger partial charge < -0.3 is 15.4 Å². The first-order valence-electron chi connectivity index (χ1n) is 6.77. The fourth-order valence-corrected chi connectivity index (χ4v) is 1.67. The summed E-state index contributed by atoms with van der Waals surface area (Å²) < 4.78 is 27.0. The highest BCUT2D eigenvalue weighted by molar-refractivity contribution is 7.90. The monoisotopic (exact) mass is 293 g/mol. The zero-order valence-corrected chi connectivity index (χ0v) is 13.1. The van der Waals surface area contributed by atoms with Gasteiger partial charge >= 0.3 is 0 Å². The number of unbranched alkanes of at least 4 members (excludes halogenated alkanes) is 1. The average Bonchev–Trinajstić information content (AvgIpc) is 2.32. The van der Waals surface area contributed by atoms with Crippen LogP contribution in [0.4, 0.5) is 0 Å². The molecule has 0 heterocycles. The molecule has 0 aliphatic heterocycles. The molecule has 0 aliphatic carbocycles. The number of hydrogen-bond donors (Lipinski definition) is 2. The Labute approximate surface area is 116 Å². The van der Waals surface area contributed by atoms with Crippen molar-refractivity contribution in [1.82, 2.24) is 10.6 Å². The van der Waals surface area contributed by atoms with Crippen LogP contribution >= 0.6 is 0 Å². The van der Waals surface area contributed by atoms with Crippen molar-refractivity contribution in [3.05, 3.63) is 0 Å². The van der Waals surface area contributed by atoms with Gasteiger partial charge in [0.05, 0.1) is 19.0 Å². The first-order chi connectivity index (χ1) is 8.99. The molecule has 2 N–H and O–H groups in total. The fourth-order valence-electron chi connectivity index (χ4n) is 1.24. The number of aliphatic imine (C=N–C) groups is 1. The molecule has 6 nitrogen and oxygen atoms in total. The van der Waals surface area contributed by atoms with E-state index in [1.165, 1.54) is 6.26 Å². The molecule has 0 bridgehead atoms. The molecule has 0 saturated heterocycles. The molecular weight excluding hydrogens is 266 g/mol. The van der Waals surface area contributed by atoms with Crippen molar-refractivity contribution in [1.29, 1.82) is 0 Å². The Hall–Kier alpha value is -0.820. The number of ether oxygens (including phenoxy) is 1. The third-order valence-electron chi connectivity index (χ3n) is 2.26. The van der Waals surface area contributed by atoms with Gasteiger partial charge in [-0.2, -0.15) is 0 Å². The summed E-state index contributed by atoms with van der Waals surface area (Å²) in [4.78, 5) is 4.40. The van der Waals surface area contributed by atoms with Gasteiger partial charge in [-0.3, -0.25) is 4.99 Å². The summed E-state index contributed by atoms with van der Waals surface area (Å²) in [5.74, 6) is 0.847. The van der Waals surface area contributed by atoms with E-state index >= 15 is 0 Å². The lowest BCUT2D eigenvalue weighted by Gasteiger charge is -2.11. The maximum atomic E-state index is 10.9. The van der Waals surface area contributed by atoms with Crippen molar-refractivity contribution in [2.75, 3.05) is 44.9 Å². The van der Waals surface area contributed by atoms with E-state index in [0.717, 1.165) is 31.9 Å². The van der Waals surface area contributed by atoms with E-state index in [1.807, 2.05) is 6.92 Å². The number of hydrogen-bond acceptors (Lipinski definition) is 4. The molecule has 0 saturated carbocycles. The van der Waals surface area contributed by atoms with E-state index in [0.29, 0.717) is 13.2 Å². The van der Waals surface area contributed by atoms with Crippen LogP contribution in [0.1, 0.15) is 26.7 Å². The van der Waals surface area contributed by atoms with Gasteiger partial charge in [0.25, 0.3) is 0 Å². The molecule has 0 unspecified atom stereocenters. The Bertz CT molecular complexity index is 342. The van der Waals surface area contributed by atoms with Crippen LogP contribution in [0.15, 0.2) is 4.99 Å². The maximum absolute atomic E-state index is 10.9. The van der Waals surface area contributed by atoms with Crippen molar-refractivity contribution in [3.63, 3.8) is 0 Å². The lowest BCUT2D eigenvalue weighted by molar-refractivity contribution is 0.154. The van der Waals surface area contributed by atoms with Crippen molar-refractivity contribution in [2.24, 2.45) is 4.99 Å². The van der Waals surface area contributed by atoms with Gasteiger partial charge in [-0.15, -0.1) is 0 Å². The van der Waals surface area contributed by atoms with E-state index in [4.69, 9.17) is 4.74 Å². The van der Waals surface area contributed by atoms with Crippen LogP contribution in [0, 0.1) is 0 Å². The third-order valence-corrected chi connectivity index (χ3v) is 3.17. The Balaban J connectivity index is 3.72. The molecule has 7 heteroatoms. The highest BCUT2D eigenvalue weighted by Crippen LogP contribution is 1.87. The minimum absolute atomic E-state index is 0.0671. The number of nitrogens with one attached hydrogen (secondary N) is 2. The van der Waals surface area contributed by atoms with Crippen LogP contribution in [0.25, 0.3) is 0 Å². The smallest absolute Gasteiger partial charge is 0.191 e. The molecule has 0 aromatic rings. The molecule has 0 spiro atoms. The minimum Gasteiger partial charge on any atom is -0.379 e. The summed E-state index contributed by atoms with van der Waals surface area (Å²) in [6.45, 7) is 7.08. The number of guanidine groups is 1. The van der Waals surface area contributed by atoms with Crippen molar-refractivity contribution >= 4 is 15.8 Å². The first kappa shape index (κ1) is 18.2. The molecule has 0 rings (SSSR count). The van der Waals surface area contributed by atoms with Crippen LogP contribution in [0.5, 0.6) is 0 Å². The molecule has 114 valence electrons. The van der Waals surface area contributed by atoms with Crippen LogP contribution < -0.4 is 10.6 Å². The molecule has 0 radical (unpaired) electrons. The normalized spacial score (nSPS) is 12.5. The summed E-state index contributed by atoms with van der Waals surface area (Å²) in [6, 6.07) is 0. The first-order valence-corrected chi connectivity index (χ1v) is 8.83. The Morgan fingerprint density at radius 1 is 1.21 bits per heavy atom. The Morgan fingerprint density at radius 3 is 2.53 bits per heavy atom. The lowest BCUT2D eigenvalue weighted by Crippen LogP contribution is -2.39. The van der Waals surface area contributed by atoms with Crippen LogP contribution in [0.2, 0.25) is 0 Å². The highest BCUT2D eigenvalue weighted by Gasteiger charge is 2.01. The lowest BCUT2D eigenvalue weighted by atomic mass is 10.3. The predicted molar refractivity (Wildman–Crippen MR) is 79.4 cm³/mol. The minimum atomic E-state index is -2.93. The summed E-state index contributed by atoms with van der Waals surface area (Å²) in [5.41, 5.74) is 0. The van der Waals surface area contributed by atoms with Gasteiger partial charge in [0.2, 0.25) is 0 Å².